The fourth-order valence-electron chi connectivity index (χ4n) is 3.11. The third-order valence-electron chi connectivity index (χ3n) is 4.13. The summed E-state index contributed by atoms with van der Waals surface area (Å²) in [5.41, 5.74) is 2.33. The van der Waals surface area contributed by atoms with Crippen LogP contribution in [0.4, 0.5) is 0 Å². The van der Waals surface area contributed by atoms with E-state index in [-0.39, 0.29) is 12.0 Å². The van der Waals surface area contributed by atoms with Crippen LogP contribution in [0.5, 0.6) is 5.75 Å². The van der Waals surface area contributed by atoms with Gasteiger partial charge in [-0.3, -0.25) is 0 Å². The first kappa shape index (κ1) is 13.4. The SMILES string of the molecule is OCC1(Cc2cc(Br)cc3c2OCC3)CCCOC1. The summed E-state index contributed by atoms with van der Waals surface area (Å²) in [6.45, 7) is 2.40. The van der Waals surface area contributed by atoms with Crippen molar-refractivity contribution in [1.29, 1.82) is 0 Å². The molecule has 2 aliphatic rings. The molecule has 1 atom stereocenters. The van der Waals surface area contributed by atoms with Crippen molar-refractivity contribution in [2.24, 2.45) is 5.41 Å². The van der Waals surface area contributed by atoms with Crippen LogP contribution in [0.25, 0.3) is 0 Å². The fraction of sp³-hybridized carbons (Fsp3) is 0.600. The molecule has 0 aliphatic carbocycles. The van der Waals surface area contributed by atoms with Crippen molar-refractivity contribution in [3.63, 3.8) is 0 Å². The van der Waals surface area contributed by atoms with Crippen LogP contribution in [0.3, 0.4) is 0 Å². The number of rotatable bonds is 3. The van der Waals surface area contributed by atoms with Crippen LogP contribution in [0.2, 0.25) is 0 Å². The Kier molecular flexibility index (Phi) is 3.83. The van der Waals surface area contributed by atoms with E-state index in [1.54, 1.807) is 0 Å². The van der Waals surface area contributed by atoms with Gasteiger partial charge in [-0.2, -0.15) is 0 Å². The molecule has 3 rings (SSSR count). The summed E-state index contributed by atoms with van der Waals surface area (Å²) in [6.07, 6.45) is 3.85. The molecular weight excluding hydrogens is 308 g/mol. The molecule has 0 amide bonds. The highest BCUT2D eigenvalue weighted by molar-refractivity contribution is 9.10. The number of hydrogen-bond donors (Lipinski definition) is 1. The Morgan fingerprint density at radius 2 is 2.21 bits per heavy atom. The van der Waals surface area contributed by atoms with Crippen LogP contribution < -0.4 is 4.74 Å². The Bertz CT molecular complexity index is 467. The Morgan fingerprint density at radius 1 is 1.32 bits per heavy atom. The maximum Gasteiger partial charge on any atom is 0.125 e. The maximum absolute atomic E-state index is 9.79. The van der Waals surface area contributed by atoms with Crippen LogP contribution in [0.15, 0.2) is 16.6 Å². The van der Waals surface area contributed by atoms with Gasteiger partial charge in [0.25, 0.3) is 0 Å². The van der Waals surface area contributed by atoms with Gasteiger partial charge in [0.2, 0.25) is 0 Å². The third kappa shape index (κ3) is 2.67. The minimum atomic E-state index is -0.140. The number of hydrogen-bond acceptors (Lipinski definition) is 3. The summed E-state index contributed by atoms with van der Waals surface area (Å²) in [7, 11) is 0. The molecule has 0 spiro atoms. The van der Waals surface area contributed by atoms with Crippen molar-refractivity contribution in [2.75, 3.05) is 26.4 Å². The van der Waals surface area contributed by atoms with Crippen LogP contribution in [0, 0.1) is 5.41 Å². The van der Waals surface area contributed by atoms with Gasteiger partial charge in [0, 0.05) is 22.9 Å². The van der Waals surface area contributed by atoms with Crippen LogP contribution in [0.1, 0.15) is 24.0 Å². The standard InChI is InChI=1S/C15H19BrO3/c16-13-6-11-2-5-19-14(11)12(7-13)8-15(9-17)3-1-4-18-10-15/h6-7,17H,1-5,8-10H2. The van der Waals surface area contributed by atoms with Gasteiger partial charge >= 0.3 is 0 Å². The lowest BCUT2D eigenvalue weighted by Gasteiger charge is -2.35. The Hall–Kier alpha value is -0.580. The maximum atomic E-state index is 9.79. The Labute approximate surface area is 122 Å². The highest BCUT2D eigenvalue weighted by Crippen LogP contribution is 2.39. The molecule has 2 aliphatic heterocycles. The van der Waals surface area contributed by atoms with Gasteiger partial charge < -0.3 is 14.6 Å². The highest BCUT2D eigenvalue weighted by Gasteiger charge is 2.34. The molecule has 0 radical (unpaired) electrons. The van der Waals surface area contributed by atoms with E-state index in [2.05, 4.69) is 28.1 Å². The van der Waals surface area contributed by atoms with Gasteiger partial charge in [0.05, 0.1) is 19.8 Å². The van der Waals surface area contributed by atoms with E-state index in [4.69, 9.17) is 9.47 Å². The van der Waals surface area contributed by atoms with Crippen molar-refractivity contribution in [3.05, 3.63) is 27.7 Å². The average Bonchev–Trinajstić information content (AvgIpc) is 2.88. The summed E-state index contributed by atoms with van der Waals surface area (Å²) < 4.78 is 12.5. The first-order valence-corrected chi connectivity index (χ1v) is 7.64. The van der Waals surface area contributed by atoms with E-state index in [1.807, 2.05) is 0 Å². The molecule has 1 N–H and O–H groups in total. The number of aliphatic hydroxyl groups is 1. The van der Waals surface area contributed by atoms with Crippen molar-refractivity contribution in [1.82, 2.24) is 0 Å². The molecule has 1 unspecified atom stereocenters. The second-order valence-electron chi connectivity index (χ2n) is 5.64. The molecule has 2 heterocycles. The van der Waals surface area contributed by atoms with Crippen molar-refractivity contribution in [3.8, 4) is 5.75 Å². The molecule has 0 saturated carbocycles. The molecule has 0 bridgehead atoms. The van der Waals surface area contributed by atoms with Crippen molar-refractivity contribution >= 4 is 15.9 Å². The molecule has 1 aromatic carbocycles. The Morgan fingerprint density at radius 3 is 2.95 bits per heavy atom. The summed E-state index contributed by atoms with van der Waals surface area (Å²) in [6, 6.07) is 4.25. The summed E-state index contributed by atoms with van der Waals surface area (Å²) in [4.78, 5) is 0. The van der Waals surface area contributed by atoms with Gasteiger partial charge in [0.1, 0.15) is 5.75 Å². The molecular formula is C15H19BrO3. The van der Waals surface area contributed by atoms with Gasteiger partial charge in [-0.1, -0.05) is 15.9 Å². The molecule has 4 heteroatoms. The molecule has 1 aromatic rings. The Balaban J connectivity index is 1.90. The molecule has 1 saturated heterocycles. The fourth-order valence-corrected chi connectivity index (χ4v) is 3.66. The quantitative estimate of drug-likeness (QED) is 0.928. The monoisotopic (exact) mass is 326 g/mol. The third-order valence-corrected chi connectivity index (χ3v) is 4.59. The number of fused-ring (bicyclic) bond motifs is 1. The molecule has 3 nitrogen and oxygen atoms in total. The molecule has 0 aromatic heterocycles. The van der Waals surface area contributed by atoms with Gasteiger partial charge in [0.15, 0.2) is 0 Å². The average molecular weight is 327 g/mol. The predicted molar refractivity (Wildman–Crippen MR) is 76.6 cm³/mol. The minimum Gasteiger partial charge on any atom is -0.493 e. The van der Waals surface area contributed by atoms with E-state index >= 15 is 0 Å². The smallest absolute Gasteiger partial charge is 0.125 e. The zero-order chi connectivity index (χ0) is 13.3. The van der Waals surface area contributed by atoms with Crippen molar-refractivity contribution in [2.45, 2.75) is 25.7 Å². The van der Waals surface area contributed by atoms with Crippen LogP contribution in [-0.2, 0) is 17.6 Å². The minimum absolute atomic E-state index is 0.140. The lowest BCUT2D eigenvalue weighted by atomic mass is 9.77. The largest absolute Gasteiger partial charge is 0.493 e. The number of halogens is 1. The van der Waals surface area contributed by atoms with Crippen LogP contribution >= 0.6 is 15.9 Å². The van der Waals surface area contributed by atoms with Gasteiger partial charge in [-0.05, 0) is 42.5 Å². The normalized spacial score (nSPS) is 26.0. The molecule has 1 fully saturated rings. The first-order chi connectivity index (χ1) is 9.22. The van der Waals surface area contributed by atoms with E-state index in [1.165, 1.54) is 11.1 Å². The summed E-state index contributed by atoms with van der Waals surface area (Å²) >= 11 is 3.57. The lowest BCUT2D eigenvalue weighted by molar-refractivity contribution is -0.0381. The number of ether oxygens (including phenoxy) is 2. The van der Waals surface area contributed by atoms with Crippen molar-refractivity contribution < 1.29 is 14.6 Å². The zero-order valence-electron chi connectivity index (χ0n) is 11.0. The summed E-state index contributed by atoms with van der Waals surface area (Å²) in [5, 5.41) is 9.79. The first-order valence-electron chi connectivity index (χ1n) is 6.85. The number of aliphatic hydroxyl groups excluding tert-OH is 1. The predicted octanol–water partition coefficient (Wildman–Crippen LogP) is 2.72. The highest BCUT2D eigenvalue weighted by atomic mass is 79.9. The number of benzene rings is 1. The van der Waals surface area contributed by atoms with E-state index in [0.29, 0.717) is 6.61 Å². The topological polar surface area (TPSA) is 38.7 Å². The van der Waals surface area contributed by atoms with Gasteiger partial charge in [-0.25, -0.2) is 0 Å². The van der Waals surface area contributed by atoms with Crippen LogP contribution in [-0.4, -0.2) is 31.5 Å². The second-order valence-corrected chi connectivity index (χ2v) is 6.56. The van der Waals surface area contributed by atoms with Gasteiger partial charge in [-0.15, -0.1) is 0 Å². The second kappa shape index (κ2) is 5.43. The molecule has 104 valence electrons. The summed E-state index contributed by atoms with van der Waals surface area (Å²) in [5.74, 6) is 1.03. The van der Waals surface area contributed by atoms with E-state index in [0.717, 1.165) is 49.1 Å². The lowest BCUT2D eigenvalue weighted by Crippen LogP contribution is -2.37. The van der Waals surface area contributed by atoms with E-state index in [9.17, 15) is 5.11 Å². The van der Waals surface area contributed by atoms with E-state index < -0.39 is 0 Å². The zero-order valence-corrected chi connectivity index (χ0v) is 12.5. The molecule has 19 heavy (non-hydrogen) atoms.